The van der Waals surface area contributed by atoms with Gasteiger partial charge in [-0.25, -0.2) is 0 Å². The van der Waals surface area contributed by atoms with E-state index >= 15 is 0 Å². The van der Waals surface area contributed by atoms with Gasteiger partial charge >= 0.3 is 0 Å². The maximum atomic E-state index is 5.99. The average molecular weight is 252 g/mol. The lowest BCUT2D eigenvalue weighted by Crippen LogP contribution is -2.39. The first-order valence-electron chi connectivity index (χ1n) is 6.80. The molecule has 0 bridgehead atoms. The van der Waals surface area contributed by atoms with E-state index in [2.05, 4.69) is 61.3 Å². The van der Waals surface area contributed by atoms with Gasteiger partial charge in [0.15, 0.2) is 0 Å². The number of hydrogen-bond donors (Lipinski definition) is 1. The summed E-state index contributed by atoms with van der Waals surface area (Å²) in [4.78, 5) is 2.41. The van der Waals surface area contributed by atoms with Crippen molar-refractivity contribution in [2.24, 2.45) is 0 Å². The van der Waals surface area contributed by atoms with Crippen LogP contribution in [0, 0.1) is 0 Å². The van der Waals surface area contributed by atoms with Crippen molar-refractivity contribution in [3.05, 3.63) is 65.2 Å². The van der Waals surface area contributed by atoms with Crippen LogP contribution in [-0.4, -0.2) is 18.0 Å². The van der Waals surface area contributed by atoms with Crippen LogP contribution in [0.1, 0.15) is 29.5 Å². The summed E-state index contributed by atoms with van der Waals surface area (Å²) in [6.07, 6.45) is 0. The van der Waals surface area contributed by atoms with Crippen LogP contribution in [0.2, 0.25) is 0 Å². The molecule has 2 aromatic rings. The molecular formula is C17H20N2. The van der Waals surface area contributed by atoms with E-state index in [9.17, 15) is 0 Å². The molecule has 0 saturated carbocycles. The SMILES string of the molecule is C[C@H]1[C@H](c2ccccc2)c2cc(N)ccc2CN1C. The molecule has 2 heteroatoms. The second-order valence-corrected chi connectivity index (χ2v) is 5.50. The summed E-state index contributed by atoms with van der Waals surface area (Å²) >= 11 is 0. The largest absolute Gasteiger partial charge is 0.399 e. The molecule has 0 radical (unpaired) electrons. The van der Waals surface area contributed by atoms with Crippen LogP contribution in [0.25, 0.3) is 0 Å². The van der Waals surface area contributed by atoms with Crippen LogP contribution in [0.5, 0.6) is 0 Å². The summed E-state index contributed by atoms with van der Waals surface area (Å²) in [6.45, 7) is 3.30. The van der Waals surface area contributed by atoms with Crippen molar-refractivity contribution in [3.8, 4) is 0 Å². The van der Waals surface area contributed by atoms with Crippen molar-refractivity contribution in [3.63, 3.8) is 0 Å². The summed E-state index contributed by atoms with van der Waals surface area (Å²) in [5.74, 6) is 0.401. The standard InChI is InChI=1S/C17H20N2/c1-12-17(13-6-4-3-5-7-13)16-10-15(18)9-8-14(16)11-19(12)2/h3-10,12,17H,11,18H2,1-2H3/t12-,17+/m0/s1. The van der Waals surface area contributed by atoms with Gasteiger partial charge in [-0.1, -0.05) is 36.4 Å². The van der Waals surface area contributed by atoms with Crippen LogP contribution >= 0.6 is 0 Å². The molecule has 0 spiro atoms. The minimum absolute atomic E-state index is 0.401. The van der Waals surface area contributed by atoms with Gasteiger partial charge in [-0.15, -0.1) is 0 Å². The summed E-state index contributed by atoms with van der Waals surface area (Å²) in [5.41, 5.74) is 11.0. The summed E-state index contributed by atoms with van der Waals surface area (Å²) in [7, 11) is 2.19. The molecule has 2 atom stereocenters. The Balaban J connectivity index is 2.15. The highest BCUT2D eigenvalue weighted by atomic mass is 15.1. The highest BCUT2D eigenvalue weighted by Gasteiger charge is 2.31. The summed E-state index contributed by atoms with van der Waals surface area (Å²) in [6, 6.07) is 17.5. The monoisotopic (exact) mass is 252 g/mol. The molecule has 1 aliphatic rings. The van der Waals surface area contributed by atoms with Gasteiger partial charge in [0.25, 0.3) is 0 Å². The summed E-state index contributed by atoms with van der Waals surface area (Å²) in [5, 5.41) is 0. The minimum atomic E-state index is 0.401. The predicted octanol–water partition coefficient (Wildman–Crippen LogP) is 3.23. The van der Waals surface area contributed by atoms with Gasteiger partial charge in [-0.3, -0.25) is 4.90 Å². The van der Waals surface area contributed by atoms with E-state index < -0.39 is 0 Å². The lowest BCUT2D eigenvalue weighted by Gasteiger charge is -2.39. The number of nitrogen functional groups attached to an aromatic ring is 1. The minimum Gasteiger partial charge on any atom is -0.399 e. The van der Waals surface area contributed by atoms with Crippen LogP contribution < -0.4 is 5.73 Å². The van der Waals surface area contributed by atoms with Crippen molar-refractivity contribution in [2.45, 2.75) is 25.4 Å². The van der Waals surface area contributed by atoms with E-state index in [1.807, 2.05) is 6.07 Å². The predicted molar refractivity (Wildman–Crippen MR) is 80.1 cm³/mol. The number of rotatable bonds is 1. The number of fused-ring (bicyclic) bond motifs is 1. The highest BCUT2D eigenvalue weighted by molar-refractivity contribution is 5.50. The lowest BCUT2D eigenvalue weighted by atomic mass is 9.79. The molecule has 19 heavy (non-hydrogen) atoms. The zero-order chi connectivity index (χ0) is 13.4. The third-order valence-corrected chi connectivity index (χ3v) is 4.26. The number of anilines is 1. The van der Waals surface area contributed by atoms with Crippen molar-refractivity contribution < 1.29 is 0 Å². The molecule has 3 rings (SSSR count). The van der Waals surface area contributed by atoms with Crippen molar-refractivity contribution in [2.75, 3.05) is 12.8 Å². The Labute approximate surface area is 114 Å². The first-order valence-corrected chi connectivity index (χ1v) is 6.80. The molecule has 98 valence electrons. The fourth-order valence-electron chi connectivity index (χ4n) is 3.09. The Kier molecular flexibility index (Phi) is 3.03. The van der Waals surface area contributed by atoms with Crippen LogP contribution in [0.15, 0.2) is 48.5 Å². The van der Waals surface area contributed by atoms with Gasteiger partial charge < -0.3 is 5.73 Å². The zero-order valence-corrected chi connectivity index (χ0v) is 11.5. The fourth-order valence-corrected chi connectivity index (χ4v) is 3.09. The molecule has 1 heterocycles. The molecule has 0 unspecified atom stereocenters. The quantitative estimate of drug-likeness (QED) is 0.789. The molecule has 0 fully saturated rings. The molecule has 2 nitrogen and oxygen atoms in total. The van der Waals surface area contributed by atoms with E-state index in [-0.39, 0.29) is 0 Å². The number of benzene rings is 2. The van der Waals surface area contributed by atoms with E-state index in [1.165, 1.54) is 16.7 Å². The average Bonchev–Trinajstić information content (AvgIpc) is 2.42. The fraction of sp³-hybridized carbons (Fsp3) is 0.294. The third-order valence-electron chi connectivity index (χ3n) is 4.26. The van der Waals surface area contributed by atoms with Crippen molar-refractivity contribution in [1.82, 2.24) is 4.90 Å². The van der Waals surface area contributed by atoms with Gasteiger partial charge in [0.1, 0.15) is 0 Å². The van der Waals surface area contributed by atoms with E-state index in [1.54, 1.807) is 0 Å². The number of likely N-dealkylation sites (N-methyl/N-ethyl adjacent to an activating group) is 1. The van der Waals surface area contributed by atoms with Crippen molar-refractivity contribution >= 4 is 5.69 Å². The van der Waals surface area contributed by atoms with Gasteiger partial charge in [0, 0.05) is 24.2 Å². The Bertz CT molecular complexity index is 577. The third kappa shape index (κ3) is 2.13. The molecule has 0 amide bonds. The topological polar surface area (TPSA) is 29.3 Å². The molecule has 1 aliphatic heterocycles. The maximum absolute atomic E-state index is 5.99. The molecule has 0 aliphatic carbocycles. The van der Waals surface area contributed by atoms with Gasteiger partial charge in [0.2, 0.25) is 0 Å². The van der Waals surface area contributed by atoms with E-state index in [0.717, 1.165) is 12.2 Å². The van der Waals surface area contributed by atoms with Gasteiger partial charge in [-0.05, 0) is 42.8 Å². The first kappa shape index (κ1) is 12.2. The Morgan fingerprint density at radius 2 is 1.84 bits per heavy atom. The lowest BCUT2D eigenvalue weighted by molar-refractivity contribution is 0.212. The van der Waals surface area contributed by atoms with Gasteiger partial charge in [-0.2, -0.15) is 0 Å². The van der Waals surface area contributed by atoms with Crippen LogP contribution in [0.3, 0.4) is 0 Å². The van der Waals surface area contributed by atoms with Crippen LogP contribution in [0.4, 0.5) is 5.69 Å². The van der Waals surface area contributed by atoms with Crippen molar-refractivity contribution in [1.29, 1.82) is 0 Å². The zero-order valence-electron chi connectivity index (χ0n) is 11.5. The molecular weight excluding hydrogens is 232 g/mol. The normalized spacial score (nSPS) is 23.1. The smallest absolute Gasteiger partial charge is 0.0317 e. The Morgan fingerprint density at radius 1 is 1.11 bits per heavy atom. The molecule has 2 N–H and O–H groups in total. The van der Waals surface area contributed by atoms with E-state index in [4.69, 9.17) is 5.73 Å². The molecule has 0 aromatic heterocycles. The highest BCUT2D eigenvalue weighted by Crippen LogP contribution is 2.38. The van der Waals surface area contributed by atoms with Crippen LogP contribution in [-0.2, 0) is 6.54 Å². The second kappa shape index (κ2) is 4.71. The molecule has 2 aromatic carbocycles. The maximum Gasteiger partial charge on any atom is 0.0317 e. The second-order valence-electron chi connectivity index (χ2n) is 5.50. The van der Waals surface area contributed by atoms with Gasteiger partial charge in [0.05, 0.1) is 0 Å². The summed E-state index contributed by atoms with van der Waals surface area (Å²) < 4.78 is 0. The number of hydrogen-bond acceptors (Lipinski definition) is 2. The Hall–Kier alpha value is -1.80. The Morgan fingerprint density at radius 3 is 2.58 bits per heavy atom. The molecule has 0 saturated heterocycles. The van der Waals surface area contributed by atoms with E-state index in [0.29, 0.717) is 12.0 Å². The first-order chi connectivity index (χ1) is 9.16. The number of nitrogens with two attached hydrogens (primary N) is 1. The number of nitrogens with zero attached hydrogens (tertiary/aromatic N) is 1.